The molecule has 0 aliphatic heterocycles. The van der Waals surface area contributed by atoms with E-state index < -0.39 is 25.1 Å². The smallest absolute Gasteiger partial charge is 0.390 e. The van der Waals surface area contributed by atoms with Gasteiger partial charge in [-0.05, 0) is 15.9 Å². The van der Waals surface area contributed by atoms with Gasteiger partial charge in [-0.25, -0.2) is 4.79 Å². The lowest BCUT2D eigenvalue weighted by Gasteiger charge is -2.05. The Labute approximate surface area is 90.8 Å². The van der Waals surface area contributed by atoms with E-state index in [1.807, 2.05) is 0 Å². The highest BCUT2D eigenvalue weighted by Crippen LogP contribution is 2.21. The molecule has 0 amide bonds. The van der Waals surface area contributed by atoms with Gasteiger partial charge < -0.3 is 5.11 Å². The Bertz CT molecular complexity index is 375. The van der Waals surface area contributed by atoms with E-state index in [2.05, 4.69) is 21.0 Å². The number of rotatable bonds is 3. The minimum atomic E-state index is -4.28. The van der Waals surface area contributed by atoms with Gasteiger partial charge >= 0.3 is 12.1 Å². The quantitative estimate of drug-likeness (QED) is 0.928. The molecule has 0 atom stereocenters. The SMILES string of the molecule is O=C(O)c1cn(CCC(F)(F)F)nc1Br. The van der Waals surface area contributed by atoms with E-state index in [0.29, 0.717) is 0 Å². The molecule has 1 heterocycles. The van der Waals surface area contributed by atoms with Gasteiger partial charge in [0.15, 0.2) is 0 Å². The molecule has 0 aliphatic rings. The van der Waals surface area contributed by atoms with Crippen LogP contribution in [0, 0.1) is 0 Å². The molecule has 0 spiro atoms. The summed E-state index contributed by atoms with van der Waals surface area (Å²) in [4.78, 5) is 10.5. The van der Waals surface area contributed by atoms with Crippen molar-refractivity contribution >= 4 is 21.9 Å². The summed E-state index contributed by atoms with van der Waals surface area (Å²) >= 11 is 2.84. The first kappa shape index (κ1) is 12.0. The molecular weight excluding hydrogens is 281 g/mol. The topological polar surface area (TPSA) is 55.1 Å². The minimum Gasteiger partial charge on any atom is -0.478 e. The lowest BCUT2D eigenvalue weighted by Crippen LogP contribution is -2.12. The summed E-state index contributed by atoms with van der Waals surface area (Å²) in [5.41, 5.74) is -0.155. The molecule has 84 valence electrons. The fourth-order valence-corrected chi connectivity index (χ4v) is 1.37. The number of aryl methyl sites for hydroxylation is 1. The number of carbonyl (C=O) groups is 1. The zero-order valence-corrected chi connectivity index (χ0v) is 8.84. The number of nitrogens with zero attached hydrogens (tertiary/aromatic N) is 2. The van der Waals surface area contributed by atoms with E-state index in [9.17, 15) is 18.0 Å². The van der Waals surface area contributed by atoms with E-state index in [4.69, 9.17) is 5.11 Å². The van der Waals surface area contributed by atoms with Crippen LogP contribution in [0.3, 0.4) is 0 Å². The molecule has 1 aromatic heterocycles. The van der Waals surface area contributed by atoms with E-state index in [0.717, 1.165) is 10.9 Å². The lowest BCUT2D eigenvalue weighted by molar-refractivity contribution is -0.137. The van der Waals surface area contributed by atoms with Crippen LogP contribution in [-0.4, -0.2) is 27.0 Å². The number of aromatic carboxylic acids is 1. The predicted molar refractivity (Wildman–Crippen MR) is 47.6 cm³/mol. The van der Waals surface area contributed by atoms with E-state index in [-0.39, 0.29) is 10.2 Å². The number of hydrogen-bond acceptors (Lipinski definition) is 2. The van der Waals surface area contributed by atoms with Crippen LogP contribution in [-0.2, 0) is 6.54 Å². The molecule has 0 saturated carbocycles. The summed E-state index contributed by atoms with van der Waals surface area (Å²) in [6, 6.07) is 0. The monoisotopic (exact) mass is 286 g/mol. The van der Waals surface area contributed by atoms with Gasteiger partial charge in [-0.15, -0.1) is 0 Å². The normalized spacial score (nSPS) is 11.7. The number of hydrogen-bond donors (Lipinski definition) is 1. The second-order valence-electron chi connectivity index (χ2n) is 2.77. The van der Waals surface area contributed by atoms with Gasteiger partial charge in [0.05, 0.1) is 6.42 Å². The number of carboxylic acids is 1. The highest BCUT2D eigenvalue weighted by Gasteiger charge is 2.27. The molecule has 0 bridgehead atoms. The highest BCUT2D eigenvalue weighted by molar-refractivity contribution is 9.10. The molecule has 0 fully saturated rings. The molecule has 0 aliphatic carbocycles. The highest BCUT2D eigenvalue weighted by atomic mass is 79.9. The van der Waals surface area contributed by atoms with Crippen LogP contribution in [0.4, 0.5) is 13.2 Å². The molecule has 1 aromatic rings. The molecular formula is C7H6BrF3N2O2. The van der Waals surface area contributed by atoms with Crippen LogP contribution in [0.1, 0.15) is 16.8 Å². The molecule has 4 nitrogen and oxygen atoms in total. The summed E-state index contributed by atoms with van der Waals surface area (Å²) in [6.45, 7) is -0.393. The summed E-state index contributed by atoms with van der Waals surface area (Å²) in [5, 5.41) is 12.2. The van der Waals surface area contributed by atoms with Gasteiger partial charge in [-0.3, -0.25) is 4.68 Å². The Morgan fingerprint density at radius 2 is 2.20 bits per heavy atom. The van der Waals surface area contributed by atoms with Crippen molar-refractivity contribution in [2.45, 2.75) is 19.1 Å². The average Bonchev–Trinajstić information content (AvgIpc) is 2.42. The second-order valence-corrected chi connectivity index (χ2v) is 3.52. The largest absolute Gasteiger partial charge is 0.478 e. The summed E-state index contributed by atoms with van der Waals surface area (Å²) in [5.74, 6) is -1.24. The van der Waals surface area contributed by atoms with Gasteiger partial charge in [0.25, 0.3) is 0 Å². The molecule has 0 aromatic carbocycles. The zero-order valence-electron chi connectivity index (χ0n) is 7.25. The molecule has 0 unspecified atom stereocenters. The van der Waals surface area contributed by atoms with Gasteiger partial charge in [0.1, 0.15) is 10.2 Å². The van der Waals surface area contributed by atoms with Gasteiger partial charge in [0, 0.05) is 12.7 Å². The summed E-state index contributed by atoms with van der Waals surface area (Å²) in [7, 11) is 0. The Morgan fingerprint density at radius 3 is 2.60 bits per heavy atom. The Hall–Kier alpha value is -1.05. The van der Waals surface area contributed by atoms with Gasteiger partial charge in [-0.1, -0.05) is 0 Å². The van der Waals surface area contributed by atoms with Crippen molar-refractivity contribution in [2.75, 3.05) is 0 Å². The maximum atomic E-state index is 11.8. The molecule has 15 heavy (non-hydrogen) atoms. The average molecular weight is 287 g/mol. The van der Waals surface area contributed by atoms with Gasteiger partial charge in [0.2, 0.25) is 0 Å². The molecule has 0 saturated heterocycles. The number of alkyl halides is 3. The van der Waals surface area contributed by atoms with Crippen molar-refractivity contribution in [3.63, 3.8) is 0 Å². The van der Waals surface area contributed by atoms with Crippen LogP contribution >= 0.6 is 15.9 Å². The van der Waals surface area contributed by atoms with E-state index in [1.165, 1.54) is 0 Å². The predicted octanol–water partition coefficient (Wildman–Crippen LogP) is 2.30. The van der Waals surface area contributed by atoms with Crippen molar-refractivity contribution in [2.24, 2.45) is 0 Å². The number of carboxylic acid groups (broad SMARTS) is 1. The van der Waals surface area contributed by atoms with E-state index in [1.54, 1.807) is 0 Å². The third-order valence-corrected chi connectivity index (χ3v) is 2.16. The Kier molecular flexibility index (Phi) is 3.38. The molecule has 8 heteroatoms. The fraction of sp³-hybridized carbons (Fsp3) is 0.429. The third-order valence-electron chi connectivity index (χ3n) is 1.57. The Balaban J connectivity index is 2.72. The van der Waals surface area contributed by atoms with Gasteiger partial charge in [-0.2, -0.15) is 18.3 Å². The number of halogens is 4. The lowest BCUT2D eigenvalue weighted by atomic mass is 10.4. The maximum Gasteiger partial charge on any atom is 0.390 e. The zero-order chi connectivity index (χ0) is 11.6. The molecule has 0 radical (unpaired) electrons. The van der Waals surface area contributed by atoms with Crippen molar-refractivity contribution in [3.05, 3.63) is 16.4 Å². The van der Waals surface area contributed by atoms with Crippen LogP contribution < -0.4 is 0 Å². The van der Waals surface area contributed by atoms with Crippen molar-refractivity contribution < 1.29 is 23.1 Å². The first-order valence-electron chi connectivity index (χ1n) is 3.82. The van der Waals surface area contributed by atoms with E-state index >= 15 is 0 Å². The third kappa shape index (κ3) is 3.54. The maximum absolute atomic E-state index is 11.8. The van der Waals surface area contributed by atoms with Crippen LogP contribution in [0.15, 0.2) is 10.8 Å². The Morgan fingerprint density at radius 1 is 1.60 bits per heavy atom. The van der Waals surface area contributed by atoms with Crippen molar-refractivity contribution in [3.8, 4) is 0 Å². The van der Waals surface area contributed by atoms with Crippen LogP contribution in [0.5, 0.6) is 0 Å². The van der Waals surface area contributed by atoms with Crippen molar-refractivity contribution in [1.29, 1.82) is 0 Å². The van der Waals surface area contributed by atoms with Crippen LogP contribution in [0.25, 0.3) is 0 Å². The van der Waals surface area contributed by atoms with Crippen LogP contribution in [0.2, 0.25) is 0 Å². The first-order chi connectivity index (χ1) is 6.79. The summed E-state index contributed by atoms with van der Waals surface area (Å²) < 4.78 is 36.5. The number of aromatic nitrogens is 2. The second kappa shape index (κ2) is 4.21. The van der Waals surface area contributed by atoms with Crippen molar-refractivity contribution in [1.82, 2.24) is 9.78 Å². The standard InChI is InChI=1S/C7H6BrF3N2O2/c8-5-4(6(14)15)3-13(12-5)2-1-7(9,10)11/h3H,1-2H2,(H,14,15). The fourth-order valence-electron chi connectivity index (χ4n) is 0.897. The minimum absolute atomic E-state index is 0.0252. The first-order valence-corrected chi connectivity index (χ1v) is 4.62. The molecule has 1 N–H and O–H groups in total. The molecule has 1 rings (SSSR count). The summed E-state index contributed by atoms with van der Waals surface area (Å²) in [6.07, 6.45) is -4.26.